The summed E-state index contributed by atoms with van der Waals surface area (Å²) in [5, 5.41) is 11.5. The van der Waals surface area contributed by atoms with E-state index in [1.807, 2.05) is 76.8 Å². The predicted molar refractivity (Wildman–Crippen MR) is 212 cm³/mol. The summed E-state index contributed by atoms with van der Waals surface area (Å²) in [6, 6.07) is 6.09. The van der Waals surface area contributed by atoms with Gasteiger partial charge < -0.3 is 0 Å². The molecule has 0 aromatic heterocycles. The van der Waals surface area contributed by atoms with E-state index in [9.17, 15) is 0 Å². The van der Waals surface area contributed by atoms with Crippen LogP contribution in [0.25, 0.3) is 32.3 Å². The summed E-state index contributed by atoms with van der Waals surface area (Å²) in [4.78, 5) is 0. The summed E-state index contributed by atoms with van der Waals surface area (Å²) in [7, 11) is 0. The second kappa shape index (κ2) is 9.30. The Morgan fingerprint density at radius 2 is 0.481 bits per heavy atom. The van der Waals surface area contributed by atoms with Crippen molar-refractivity contribution in [2.24, 2.45) is 47.3 Å². The molecule has 0 amide bonds. The highest BCUT2D eigenvalue weighted by Gasteiger charge is 2.51. The quantitative estimate of drug-likeness (QED) is 0.162. The zero-order valence-corrected chi connectivity index (χ0v) is 31.5. The summed E-state index contributed by atoms with van der Waals surface area (Å²) in [5.74, 6) is 14.7. The van der Waals surface area contributed by atoms with Crippen LogP contribution in [0.1, 0.15) is 220 Å². The first-order valence-electron chi connectivity index (χ1n) is 23.5. The maximum absolute atomic E-state index is 3.04. The molecule has 16 aliphatic carbocycles. The monoisotopic (exact) mass is 682 g/mol. The molecule has 0 N–H and O–H groups in total. The lowest BCUT2D eigenvalue weighted by Gasteiger charge is -2.39. The Balaban J connectivity index is 1.16. The van der Waals surface area contributed by atoms with Gasteiger partial charge in [0.15, 0.2) is 0 Å². The van der Waals surface area contributed by atoms with Crippen molar-refractivity contribution < 1.29 is 0 Å². The Kier molecular flexibility index (Phi) is 5.07. The molecule has 266 valence electrons. The van der Waals surface area contributed by atoms with E-state index in [2.05, 4.69) is 12.1 Å². The van der Waals surface area contributed by atoms with Crippen LogP contribution >= 0.6 is 0 Å². The van der Waals surface area contributed by atoms with E-state index in [1.165, 1.54) is 103 Å². The van der Waals surface area contributed by atoms with Gasteiger partial charge in [-0.05, 0) is 300 Å². The second-order valence-corrected chi connectivity index (χ2v) is 23.2. The molecule has 8 fully saturated rings. The molecule has 16 bridgehead atoms. The molecule has 0 spiro atoms. The van der Waals surface area contributed by atoms with Gasteiger partial charge in [-0.3, -0.25) is 0 Å². The van der Waals surface area contributed by atoms with Crippen LogP contribution in [0.15, 0.2) is 12.1 Å². The van der Waals surface area contributed by atoms with Crippen LogP contribution in [0.3, 0.4) is 0 Å². The molecule has 0 heterocycles. The highest BCUT2D eigenvalue weighted by atomic mass is 14.6. The zero-order chi connectivity index (χ0) is 32.9. The van der Waals surface area contributed by atoms with Gasteiger partial charge in [0, 0.05) is 0 Å². The van der Waals surface area contributed by atoms with Gasteiger partial charge in [0.2, 0.25) is 0 Å². The number of hydrogen-bond donors (Lipinski definition) is 0. The molecule has 8 saturated carbocycles. The molecule has 4 aromatic carbocycles. The van der Waals surface area contributed by atoms with Crippen molar-refractivity contribution in [3.63, 3.8) is 0 Å². The molecule has 16 aliphatic rings. The lowest BCUT2D eigenvalue weighted by Crippen LogP contribution is -2.26. The average Bonchev–Trinajstić information content (AvgIpc) is 3.57. The van der Waals surface area contributed by atoms with E-state index in [0.29, 0.717) is 0 Å². The molecule has 0 radical (unpaired) electrons. The Hall–Kier alpha value is -2.08. The van der Waals surface area contributed by atoms with Crippen molar-refractivity contribution in [1.29, 1.82) is 0 Å². The van der Waals surface area contributed by atoms with Crippen molar-refractivity contribution in [3.8, 4) is 0 Å². The standard InChI is InChI=1S/C52H58/c1-23-5-31-6-24(1)10-33(9-23)43-39(31)21-41-45-35-13-29-4-30(14-35)20-38(19-29)48(45)52-44-34-11-25-2-26(12-34)8-32(7-25)40(44)22-42-46-36-15-27-3-28(16-36)18-37(17-27)47(46)51(43)49(41)50(42)52/h21-38H,1-20H2. The molecule has 52 heavy (non-hydrogen) atoms. The highest BCUT2D eigenvalue weighted by molar-refractivity contribution is 6.29. The van der Waals surface area contributed by atoms with E-state index in [-0.39, 0.29) is 0 Å². The summed E-state index contributed by atoms with van der Waals surface area (Å²) >= 11 is 0. The molecule has 0 nitrogen and oxygen atoms in total. The van der Waals surface area contributed by atoms with Crippen molar-refractivity contribution in [1.82, 2.24) is 0 Å². The zero-order valence-electron chi connectivity index (χ0n) is 31.5. The SMILES string of the molecule is c1c2c(c3c4c(c5cc6c(c7c8c(c1c3c57)C1CC3CC(C1)CC8C3)C1CC3CC(CC6C3)C1)C1CC3CC(C1)CC4C3)C1CC3CC(CC2C3)C1. The van der Waals surface area contributed by atoms with Gasteiger partial charge >= 0.3 is 0 Å². The lowest BCUT2D eigenvalue weighted by atomic mass is 9.66. The molecular formula is C52H58. The van der Waals surface area contributed by atoms with E-state index in [1.54, 1.807) is 25.7 Å². The molecule has 8 atom stereocenters. The Morgan fingerprint density at radius 1 is 0.231 bits per heavy atom. The Bertz CT molecular complexity index is 2080. The third kappa shape index (κ3) is 3.33. The van der Waals surface area contributed by atoms with Crippen molar-refractivity contribution in [3.05, 3.63) is 56.6 Å². The third-order valence-electron chi connectivity index (χ3n) is 20.6. The van der Waals surface area contributed by atoms with E-state index < -0.39 is 0 Å². The number of benzene rings is 4. The van der Waals surface area contributed by atoms with Crippen LogP contribution in [0.4, 0.5) is 0 Å². The van der Waals surface area contributed by atoms with Gasteiger partial charge in [0.1, 0.15) is 0 Å². The van der Waals surface area contributed by atoms with Crippen LogP contribution in [0.5, 0.6) is 0 Å². The van der Waals surface area contributed by atoms with Crippen LogP contribution < -0.4 is 0 Å². The smallest absolute Gasteiger partial charge is 0.00174 e. The van der Waals surface area contributed by atoms with E-state index in [0.717, 1.165) is 94.7 Å². The fourth-order valence-corrected chi connectivity index (χ4v) is 20.1. The fraction of sp³-hybridized carbons (Fsp3) is 0.692. The van der Waals surface area contributed by atoms with Crippen LogP contribution in [0, 0.1) is 47.3 Å². The molecule has 20 rings (SSSR count). The van der Waals surface area contributed by atoms with E-state index >= 15 is 0 Å². The molecule has 8 unspecified atom stereocenters. The van der Waals surface area contributed by atoms with E-state index in [4.69, 9.17) is 0 Å². The normalized spacial score (nSPS) is 47.6. The molecule has 0 aliphatic heterocycles. The predicted octanol–water partition coefficient (Wildman–Crippen LogP) is 14.1. The maximum atomic E-state index is 3.04. The first kappa shape index (κ1) is 28.3. The largest absolute Gasteiger partial charge is 0.0502 e. The van der Waals surface area contributed by atoms with Crippen LogP contribution in [0.2, 0.25) is 0 Å². The van der Waals surface area contributed by atoms with Gasteiger partial charge in [-0.2, -0.15) is 0 Å². The third-order valence-corrected chi connectivity index (χ3v) is 20.6. The first-order valence-corrected chi connectivity index (χ1v) is 23.5. The molecule has 4 aromatic rings. The minimum Gasteiger partial charge on any atom is -0.0502 e. The van der Waals surface area contributed by atoms with Crippen LogP contribution in [-0.4, -0.2) is 0 Å². The van der Waals surface area contributed by atoms with Crippen molar-refractivity contribution >= 4 is 32.3 Å². The summed E-state index contributed by atoms with van der Waals surface area (Å²) in [5.41, 5.74) is 15.9. The molecule has 0 saturated heterocycles. The Labute approximate surface area is 311 Å². The minimum absolute atomic E-state index is 0.828. The number of rotatable bonds is 0. The summed E-state index contributed by atoms with van der Waals surface area (Å²) in [6.07, 6.45) is 30.5. The number of hydrogen-bond acceptors (Lipinski definition) is 0. The molecular weight excluding hydrogens is 625 g/mol. The fourth-order valence-electron chi connectivity index (χ4n) is 20.1. The maximum Gasteiger partial charge on any atom is -0.00174 e. The summed E-state index contributed by atoms with van der Waals surface area (Å²) in [6.45, 7) is 0. The average molecular weight is 683 g/mol. The minimum atomic E-state index is 0.828. The van der Waals surface area contributed by atoms with Gasteiger partial charge in [0.05, 0.1) is 0 Å². The highest BCUT2D eigenvalue weighted by Crippen LogP contribution is 2.68. The van der Waals surface area contributed by atoms with Gasteiger partial charge in [-0.25, -0.2) is 0 Å². The van der Waals surface area contributed by atoms with Gasteiger partial charge in [0.25, 0.3) is 0 Å². The topological polar surface area (TPSA) is 0 Å². The first-order chi connectivity index (χ1) is 25.6. The summed E-state index contributed by atoms with van der Waals surface area (Å²) < 4.78 is 0. The molecule has 0 heteroatoms. The Morgan fingerprint density at radius 3 is 0.788 bits per heavy atom. The van der Waals surface area contributed by atoms with Crippen molar-refractivity contribution in [2.75, 3.05) is 0 Å². The van der Waals surface area contributed by atoms with Crippen molar-refractivity contribution in [2.45, 2.75) is 176 Å². The lowest BCUT2D eigenvalue weighted by molar-refractivity contribution is 0.165. The van der Waals surface area contributed by atoms with Crippen LogP contribution in [-0.2, 0) is 0 Å². The van der Waals surface area contributed by atoms with Gasteiger partial charge in [-0.1, -0.05) is 12.1 Å². The second-order valence-electron chi connectivity index (χ2n) is 23.2. The van der Waals surface area contributed by atoms with Gasteiger partial charge in [-0.15, -0.1) is 0 Å².